The molecule has 2 aromatic rings. The summed E-state index contributed by atoms with van der Waals surface area (Å²) in [4.78, 5) is 35.8. The number of amides is 3. The van der Waals surface area contributed by atoms with Crippen molar-refractivity contribution in [1.29, 1.82) is 0 Å². The molecular weight excluding hydrogens is 457 g/mol. The Morgan fingerprint density at radius 3 is 2.48 bits per heavy atom. The van der Waals surface area contributed by atoms with Gasteiger partial charge < -0.3 is 16.0 Å². The Bertz CT molecular complexity index is 824. The normalized spacial score (nSPS) is 10.1. The maximum atomic E-state index is 12.1. The molecule has 0 spiro atoms. The quantitative estimate of drug-likeness (QED) is 0.509. The summed E-state index contributed by atoms with van der Waals surface area (Å²) in [6.45, 7) is 2.16. The number of anilines is 1. The van der Waals surface area contributed by atoms with E-state index in [9.17, 15) is 14.4 Å². The number of halogens is 1. The molecule has 142 valence electrons. The van der Waals surface area contributed by atoms with E-state index in [1.54, 1.807) is 18.2 Å². The Kier molecular flexibility index (Phi) is 8.25. The second-order valence-electron chi connectivity index (χ2n) is 5.94. The predicted molar refractivity (Wildman–Crippen MR) is 113 cm³/mol. The van der Waals surface area contributed by atoms with Gasteiger partial charge in [-0.05, 0) is 58.8 Å². The van der Waals surface area contributed by atoms with Gasteiger partial charge in [-0.25, -0.2) is 0 Å². The molecule has 3 N–H and O–H groups in total. The molecule has 0 aliphatic rings. The maximum absolute atomic E-state index is 12.1. The van der Waals surface area contributed by atoms with Gasteiger partial charge in [-0.15, -0.1) is 0 Å². The highest BCUT2D eigenvalue weighted by Gasteiger charge is 2.10. The zero-order valence-corrected chi connectivity index (χ0v) is 17.2. The fourth-order valence-corrected chi connectivity index (χ4v) is 3.01. The summed E-state index contributed by atoms with van der Waals surface area (Å²) in [7, 11) is 0. The first kappa shape index (κ1) is 20.9. The van der Waals surface area contributed by atoms with Crippen LogP contribution in [0, 0.1) is 3.57 Å². The number of rotatable bonds is 8. The third kappa shape index (κ3) is 7.01. The number of hydrogen-bond acceptors (Lipinski definition) is 3. The fraction of sp³-hybridized carbons (Fsp3) is 0.250. The van der Waals surface area contributed by atoms with Crippen LogP contribution in [-0.2, 0) is 16.1 Å². The number of benzene rings is 2. The summed E-state index contributed by atoms with van der Waals surface area (Å²) >= 11 is 2.08. The molecule has 0 fully saturated rings. The minimum absolute atomic E-state index is 0.0306. The molecule has 3 amide bonds. The molecule has 0 aliphatic carbocycles. The molecule has 6 nitrogen and oxygen atoms in total. The van der Waals surface area contributed by atoms with Crippen LogP contribution >= 0.6 is 22.6 Å². The first-order valence-corrected chi connectivity index (χ1v) is 9.75. The lowest BCUT2D eigenvalue weighted by Crippen LogP contribution is -2.36. The van der Waals surface area contributed by atoms with Crippen LogP contribution in [0.5, 0.6) is 0 Å². The van der Waals surface area contributed by atoms with E-state index >= 15 is 0 Å². The van der Waals surface area contributed by atoms with E-state index in [0.29, 0.717) is 24.2 Å². The van der Waals surface area contributed by atoms with Crippen molar-refractivity contribution in [3.05, 3.63) is 63.2 Å². The molecule has 27 heavy (non-hydrogen) atoms. The summed E-state index contributed by atoms with van der Waals surface area (Å²) in [6.07, 6.45) is 1.26. The highest BCUT2D eigenvalue weighted by Crippen LogP contribution is 2.12. The third-order valence-electron chi connectivity index (χ3n) is 3.71. The highest BCUT2D eigenvalue weighted by molar-refractivity contribution is 14.1. The zero-order valence-electron chi connectivity index (χ0n) is 15.0. The largest absolute Gasteiger partial charge is 0.350 e. The lowest BCUT2D eigenvalue weighted by molar-refractivity contribution is -0.120. The van der Waals surface area contributed by atoms with Crippen LogP contribution in [0.1, 0.15) is 35.7 Å². The molecule has 0 saturated carbocycles. The summed E-state index contributed by atoms with van der Waals surface area (Å²) in [5.74, 6) is -0.595. The van der Waals surface area contributed by atoms with Gasteiger partial charge >= 0.3 is 0 Å². The van der Waals surface area contributed by atoms with Crippen LogP contribution < -0.4 is 16.0 Å². The standard InChI is InChI=1S/C20H22IN3O3/c1-2-6-18(25)24-15-8-5-7-14(11-15)12-22-19(26)13-23-20(27)16-9-3-4-10-17(16)21/h3-5,7-11H,2,6,12-13H2,1H3,(H,22,26)(H,23,27)(H,24,25). The van der Waals surface area contributed by atoms with E-state index in [2.05, 4.69) is 38.5 Å². The SMILES string of the molecule is CCCC(=O)Nc1cccc(CNC(=O)CNC(=O)c2ccccc2I)c1. The lowest BCUT2D eigenvalue weighted by Gasteiger charge is -2.10. The van der Waals surface area contributed by atoms with E-state index in [1.165, 1.54) is 0 Å². The Morgan fingerprint density at radius 1 is 0.963 bits per heavy atom. The zero-order chi connectivity index (χ0) is 19.6. The van der Waals surface area contributed by atoms with E-state index in [4.69, 9.17) is 0 Å². The van der Waals surface area contributed by atoms with Gasteiger partial charge in [0.15, 0.2) is 0 Å². The van der Waals surface area contributed by atoms with Crippen LogP contribution in [0.3, 0.4) is 0 Å². The highest BCUT2D eigenvalue weighted by atomic mass is 127. The molecule has 0 radical (unpaired) electrons. The molecule has 7 heteroatoms. The van der Waals surface area contributed by atoms with Crippen molar-refractivity contribution in [2.24, 2.45) is 0 Å². The second kappa shape index (κ2) is 10.7. The van der Waals surface area contributed by atoms with E-state index in [0.717, 1.165) is 15.6 Å². The van der Waals surface area contributed by atoms with Crippen molar-refractivity contribution in [2.75, 3.05) is 11.9 Å². The van der Waals surface area contributed by atoms with Crippen molar-refractivity contribution < 1.29 is 14.4 Å². The number of carbonyl (C=O) groups excluding carboxylic acids is 3. The maximum Gasteiger partial charge on any atom is 0.252 e. The van der Waals surface area contributed by atoms with E-state index in [1.807, 2.05) is 37.3 Å². The molecule has 0 aromatic heterocycles. The Morgan fingerprint density at radius 2 is 1.74 bits per heavy atom. The Labute approximate surface area is 172 Å². The average molecular weight is 479 g/mol. The van der Waals surface area contributed by atoms with Crippen molar-refractivity contribution >= 4 is 46.0 Å². The monoisotopic (exact) mass is 479 g/mol. The van der Waals surface area contributed by atoms with Gasteiger partial charge in [0.05, 0.1) is 12.1 Å². The van der Waals surface area contributed by atoms with E-state index < -0.39 is 0 Å². The average Bonchev–Trinajstić information content (AvgIpc) is 2.65. The van der Waals surface area contributed by atoms with Crippen LogP contribution in [0.15, 0.2) is 48.5 Å². The predicted octanol–water partition coefficient (Wildman–Crippen LogP) is 3.08. The van der Waals surface area contributed by atoms with Gasteiger partial charge in [0.25, 0.3) is 5.91 Å². The molecule has 0 saturated heterocycles. The van der Waals surface area contributed by atoms with Crippen LogP contribution in [0.4, 0.5) is 5.69 Å². The fourth-order valence-electron chi connectivity index (χ4n) is 2.37. The molecule has 0 unspecified atom stereocenters. The minimum Gasteiger partial charge on any atom is -0.350 e. The van der Waals surface area contributed by atoms with Crippen molar-refractivity contribution in [3.8, 4) is 0 Å². The summed E-state index contributed by atoms with van der Waals surface area (Å²) < 4.78 is 0.829. The smallest absolute Gasteiger partial charge is 0.252 e. The molecular formula is C20H22IN3O3. The van der Waals surface area contributed by atoms with Gasteiger partial charge in [0, 0.05) is 22.2 Å². The summed E-state index contributed by atoms with van der Waals surface area (Å²) in [6, 6.07) is 14.5. The van der Waals surface area contributed by atoms with Gasteiger partial charge in [0.1, 0.15) is 0 Å². The summed E-state index contributed by atoms with van der Waals surface area (Å²) in [5, 5.41) is 8.20. The van der Waals surface area contributed by atoms with Crippen molar-refractivity contribution in [2.45, 2.75) is 26.3 Å². The summed E-state index contributed by atoms with van der Waals surface area (Å²) in [5.41, 5.74) is 2.11. The molecule has 0 atom stereocenters. The first-order valence-electron chi connectivity index (χ1n) is 8.67. The molecule has 2 rings (SSSR count). The number of carbonyl (C=O) groups is 3. The van der Waals surface area contributed by atoms with Gasteiger partial charge in [0.2, 0.25) is 11.8 Å². The van der Waals surface area contributed by atoms with Crippen LogP contribution in [-0.4, -0.2) is 24.3 Å². The number of hydrogen-bond donors (Lipinski definition) is 3. The van der Waals surface area contributed by atoms with Crippen molar-refractivity contribution in [3.63, 3.8) is 0 Å². The number of nitrogens with one attached hydrogen (secondary N) is 3. The minimum atomic E-state index is -0.283. The van der Waals surface area contributed by atoms with Gasteiger partial charge in [-0.3, -0.25) is 14.4 Å². The topological polar surface area (TPSA) is 87.3 Å². The molecule has 2 aromatic carbocycles. The van der Waals surface area contributed by atoms with Gasteiger partial charge in [-0.1, -0.05) is 31.2 Å². The first-order chi connectivity index (χ1) is 13.0. The van der Waals surface area contributed by atoms with Gasteiger partial charge in [-0.2, -0.15) is 0 Å². The second-order valence-corrected chi connectivity index (χ2v) is 7.10. The van der Waals surface area contributed by atoms with E-state index in [-0.39, 0.29) is 24.3 Å². The van der Waals surface area contributed by atoms with Crippen LogP contribution in [0.2, 0.25) is 0 Å². The Balaban J connectivity index is 1.81. The molecule has 0 bridgehead atoms. The molecule has 0 heterocycles. The third-order valence-corrected chi connectivity index (χ3v) is 4.65. The lowest BCUT2D eigenvalue weighted by atomic mass is 10.2. The van der Waals surface area contributed by atoms with Crippen LogP contribution in [0.25, 0.3) is 0 Å². The molecule has 0 aliphatic heterocycles. The Hall–Kier alpha value is -2.42. The van der Waals surface area contributed by atoms with Crippen molar-refractivity contribution in [1.82, 2.24) is 10.6 Å².